The maximum atomic E-state index is 8.01. The highest BCUT2D eigenvalue weighted by atomic mass is 16.3. The molecule has 0 aromatic heterocycles. The highest BCUT2D eigenvalue weighted by molar-refractivity contribution is 4.67. The molecule has 0 rings (SSSR count). The second kappa shape index (κ2) is 9.40. The quantitative estimate of drug-likeness (QED) is 0.378. The zero-order valence-electron chi connectivity index (χ0n) is 15.0. The molecule has 4 heteroatoms. The Labute approximate surface area is 95.4 Å². The van der Waals surface area contributed by atoms with Crippen molar-refractivity contribution in [3.05, 3.63) is 0 Å². The lowest BCUT2D eigenvalue weighted by Gasteiger charge is -2.17. The van der Waals surface area contributed by atoms with Crippen LogP contribution in [0.15, 0.2) is 0 Å². The van der Waals surface area contributed by atoms with E-state index in [0.717, 1.165) is 10.6 Å². The van der Waals surface area contributed by atoms with E-state index in [-0.39, 0.29) is 26.3 Å². The van der Waals surface area contributed by atoms with Gasteiger partial charge in [-0.15, -0.1) is 0 Å². The third-order valence-corrected chi connectivity index (χ3v) is 1.92. The first-order chi connectivity index (χ1) is 9.29. The molecule has 0 aliphatic rings. The van der Waals surface area contributed by atoms with Crippen LogP contribution in [0.3, 0.4) is 0 Å². The maximum absolute atomic E-state index is 8.01. The van der Waals surface area contributed by atoms with Crippen LogP contribution < -0.4 is 10.6 Å². The lowest BCUT2D eigenvalue weighted by atomic mass is 10.2. The Morgan fingerprint density at radius 3 is 1.86 bits per heavy atom. The number of rotatable bonds is 11. The highest BCUT2D eigenvalue weighted by Crippen LogP contribution is 1.89. The standard InChI is InChI=1S/C10H24N2O2/c1-3-9(7-13)11-5-6-12-10(4-2)8-14/h9-14H,3-8H2,1-2H3/t9-,10-/m1/s1/i9D,10D,13D,14D/hD2. The molecule has 0 fully saturated rings. The third-order valence-electron chi connectivity index (χ3n) is 1.92. The van der Waals surface area contributed by atoms with Gasteiger partial charge in [0.1, 0.15) is 2.82 Å². The molecule has 14 heavy (non-hydrogen) atoms. The Morgan fingerprint density at radius 2 is 1.57 bits per heavy atom. The molecule has 4 nitrogen and oxygen atoms in total. The smallest absolute Gasteiger partial charge is 0.210 e. The lowest BCUT2D eigenvalue weighted by Crippen LogP contribution is -2.40. The SMILES string of the molecule is [2H]OC[C@@]([2H])(CC)N([2H])CCN([2H])[C@]([2H])(CC)CO[2H]. The van der Waals surface area contributed by atoms with Crippen LogP contribution in [0.25, 0.3) is 0 Å². The van der Waals surface area contributed by atoms with Crippen LogP contribution in [0.4, 0.5) is 0 Å². The van der Waals surface area contributed by atoms with Crippen LogP contribution >= 0.6 is 0 Å². The molecule has 4 N–H and O–H groups in total. The molecule has 0 aliphatic carbocycles. The predicted octanol–water partition coefficient (Wildman–Crippen LogP) is -0.293. The van der Waals surface area contributed by atoms with E-state index in [4.69, 9.17) is 8.43 Å². The topological polar surface area (TPSA) is 64.5 Å². The van der Waals surface area contributed by atoms with Gasteiger partial charge >= 0.3 is 0 Å². The van der Waals surface area contributed by atoms with E-state index in [1.165, 1.54) is 0 Å². The van der Waals surface area contributed by atoms with E-state index in [0.29, 0.717) is 12.8 Å². The van der Waals surface area contributed by atoms with E-state index in [1.54, 1.807) is 13.8 Å². The molecule has 0 heterocycles. The predicted molar refractivity (Wildman–Crippen MR) is 58.3 cm³/mol. The van der Waals surface area contributed by atoms with E-state index in [9.17, 15) is 0 Å². The van der Waals surface area contributed by atoms with Gasteiger partial charge in [-0.2, -0.15) is 0 Å². The lowest BCUT2D eigenvalue weighted by molar-refractivity contribution is 0.229. The van der Waals surface area contributed by atoms with Crippen molar-refractivity contribution in [2.24, 2.45) is 0 Å². The van der Waals surface area contributed by atoms with E-state index in [2.05, 4.69) is 10.2 Å². The first kappa shape index (κ1) is 6.43. The van der Waals surface area contributed by atoms with Gasteiger partial charge in [-0.05, 0) is 12.8 Å². The summed E-state index contributed by atoms with van der Waals surface area (Å²) in [6, 6.07) is -2.68. The summed E-state index contributed by atoms with van der Waals surface area (Å²) in [5.74, 6) is 0. The maximum Gasteiger partial charge on any atom is 0.210 e. The Morgan fingerprint density at radius 1 is 1.14 bits per heavy atom. The van der Waals surface area contributed by atoms with Crippen LogP contribution in [-0.2, 0) is 0 Å². The van der Waals surface area contributed by atoms with E-state index in [1.807, 2.05) is 0 Å². The number of nitrogens with one attached hydrogen (secondary N) is 2. The second-order valence-corrected chi connectivity index (χ2v) is 2.89. The van der Waals surface area contributed by atoms with Gasteiger partial charge in [-0.1, -0.05) is 13.8 Å². The van der Waals surface area contributed by atoms with Crippen molar-refractivity contribution in [2.45, 2.75) is 38.7 Å². The summed E-state index contributed by atoms with van der Waals surface area (Å²) in [7, 11) is 0. The van der Waals surface area contributed by atoms with Crippen molar-refractivity contribution < 1.29 is 15.8 Å². The van der Waals surface area contributed by atoms with Crippen LogP contribution in [0.2, 0.25) is 2.82 Å². The molecule has 0 aromatic carbocycles. The van der Waals surface area contributed by atoms with Crippen LogP contribution in [0.1, 0.15) is 29.4 Å². The fourth-order valence-corrected chi connectivity index (χ4v) is 0.935. The summed E-state index contributed by atoms with van der Waals surface area (Å²) in [6.45, 7) is 3.12. The summed E-state index contributed by atoms with van der Waals surface area (Å²) in [6.07, 6.45) is 0.617. The molecule has 0 bridgehead atoms. The first-order valence-electron chi connectivity index (χ1n) is 7.70. The monoisotopic (exact) mass is 210 g/mol. The largest absolute Gasteiger partial charge is 0.395 e. The average Bonchev–Trinajstić information content (AvgIpc) is 2.44. The summed E-state index contributed by atoms with van der Waals surface area (Å²) in [5, 5.41) is 10.3. The van der Waals surface area contributed by atoms with Crippen molar-refractivity contribution in [1.29, 1.82) is 2.86 Å². The zero-order chi connectivity index (χ0) is 15.8. The molecule has 0 aliphatic heterocycles. The molecule has 0 unspecified atom stereocenters. The van der Waals surface area contributed by atoms with Crippen LogP contribution in [0, 0.1) is 0 Å². The molecule has 2 atom stereocenters. The van der Waals surface area contributed by atoms with Crippen LogP contribution in [0.5, 0.6) is 0 Å². The van der Waals surface area contributed by atoms with Gasteiger partial charge in [-0.3, -0.25) is 0 Å². The summed E-state index contributed by atoms with van der Waals surface area (Å²) >= 11 is 0. The van der Waals surface area contributed by atoms with E-state index < -0.39 is 12.0 Å². The van der Waals surface area contributed by atoms with E-state index >= 15 is 0 Å². The minimum atomic E-state index is -1.34. The van der Waals surface area contributed by atoms with Crippen molar-refractivity contribution in [3.63, 3.8) is 0 Å². The second-order valence-electron chi connectivity index (χ2n) is 2.89. The molecule has 86 valence electrons. The van der Waals surface area contributed by atoms with Crippen molar-refractivity contribution >= 4 is 0 Å². The van der Waals surface area contributed by atoms with Gasteiger partial charge in [0.05, 0.1) is 13.2 Å². The summed E-state index contributed by atoms with van der Waals surface area (Å²) in [4.78, 5) is 0. The molecule has 0 amide bonds. The van der Waals surface area contributed by atoms with Gasteiger partial charge in [0.25, 0.3) is 0 Å². The Hall–Kier alpha value is -0.160. The summed E-state index contributed by atoms with van der Waals surface area (Å²) in [5.41, 5.74) is 0. The van der Waals surface area contributed by atoms with Gasteiger partial charge in [0.15, 0.2) is 0 Å². The molecule has 0 spiro atoms. The highest BCUT2D eigenvalue weighted by Gasteiger charge is 2.04. The Balaban J connectivity index is 4.52. The van der Waals surface area contributed by atoms with Gasteiger partial charge in [0, 0.05) is 27.9 Å². The normalized spacial score (nSPS) is 26.6. The Bertz CT molecular complexity index is 252. The minimum Gasteiger partial charge on any atom is -0.395 e. The number of hydrogen-bond acceptors (Lipinski definition) is 4. The molecule has 0 saturated carbocycles. The van der Waals surface area contributed by atoms with Gasteiger partial charge in [0.2, 0.25) is 2.86 Å². The average molecular weight is 210 g/mol. The van der Waals surface area contributed by atoms with Crippen molar-refractivity contribution in [2.75, 3.05) is 26.3 Å². The third kappa shape index (κ3) is 6.32. The van der Waals surface area contributed by atoms with Gasteiger partial charge in [-0.25, -0.2) is 0 Å². The molecule has 0 saturated heterocycles. The molecular formula is C10H24N2O2. The van der Waals surface area contributed by atoms with Gasteiger partial charge < -0.3 is 20.8 Å². The molecule has 0 radical (unpaired) electrons. The summed E-state index contributed by atoms with van der Waals surface area (Å²) < 4.78 is 45.1. The van der Waals surface area contributed by atoms with Crippen molar-refractivity contribution in [3.8, 4) is 0 Å². The fraction of sp³-hybridized carbons (Fsp3) is 1.00. The minimum absolute atomic E-state index is 0.0584. The molecule has 0 aromatic rings. The van der Waals surface area contributed by atoms with Crippen molar-refractivity contribution in [1.82, 2.24) is 10.6 Å². The fourth-order valence-electron chi connectivity index (χ4n) is 0.935. The first-order valence-corrected chi connectivity index (χ1v) is 4.99. The number of aliphatic hydroxyl groups excluding tert-OH is 2. The number of aliphatic hydroxyl groups is 2. The molecular weight excluding hydrogens is 180 g/mol. The Kier molecular flexibility index (Phi) is 4.31. The zero-order valence-corrected chi connectivity index (χ0v) is 8.95. The number of hydrogen-bond donors (Lipinski definition) is 4. The van der Waals surface area contributed by atoms with Crippen LogP contribution in [-0.4, -0.2) is 51.4 Å².